The molecule has 0 radical (unpaired) electrons. The van der Waals surface area contributed by atoms with E-state index in [-0.39, 0.29) is 5.82 Å². The first-order valence-electron chi connectivity index (χ1n) is 4.50. The van der Waals surface area contributed by atoms with Crippen LogP contribution in [0, 0.1) is 5.82 Å². The zero-order chi connectivity index (χ0) is 9.84. The first-order chi connectivity index (χ1) is 6.09. The zero-order valence-electron chi connectivity index (χ0n) is 8.42. The van der Waals surface area contributed by atoms with Crippen LogP contribution in [0.3, 0.4) is 0 Å². The van der Waals surface area contributed by atoms with Gasteiger partial charge < -0.3 is 4.90 Å². The van der Waals surface area contributed by atoms with E-state index in [4.69, 9.17) is 0 Å². The van der Waals surface area contributed by atoms with Gasteiger partial charge in [0.2, 0.25) is 0 Å². The molecule has 0 aromatic heterocycles. The fourth-order valence-corrected chi connectivity index (χ4v) is 1.44. The summed E-state index contributed by atoms with van der Waals surface area (Å²) in [6.07, 6.45) is 0. The molecule has 0 bridgehead atoms. The molecule has 1 aromatic rings. The molecule has 2 heteroatoms. The number of hydrogen-bond acceptors (Lipinski definition) is 1. The van der Waals surface area contributed by atoms with Crippen molar-refractivity contribution in [3.63, 3.8) is 0 Å². The Kier molecular flexibility index (Phi) is 3.43. The van der Waals surface area contributed by atoms with Crippen molar-refractivity contribution in [1.82, 2.24) is 4.90 Å². The quantitative estimate of drug-likeness (QED) is 0.692. The highest BCUT2D eigenvalue weighted by atomic mass is 19.1. The second kappa shape index (κ2) is 4.38. The van der Waals surface area contributed by atoms with Crippen molar-refractivity contribution in [3.8, 4) is 0 Å². The topological polar surface area (TPSA) is 3.24 Å². The largest absolute Gasteiger partial charge is 0.309 e. The standard InChI is InChI=1S/C11H16FN/c1-9(8-13(2)3)10-4-6-11(12)7-5-10/h4-7,9H,8H2,1-3H3. The third kappa shape index (κ3) is 3.15. The molecule has 1 nitrogen and oxygen atoms in total. The Hall–Kier alpha value is -0.890. The molecule has 0 amide bonds. The molecule has 1 unspecified atom stereocenters. The fourth-order valence-electron chi connectivity index (χ4n) is 1.44. The van der Waals surface area contributed by atoms with Gasteiger partial charge in [0.05, 0.1) is 0 Å². The SMILES string of the molecule is CC(CN(C)C)c1ccc(F)cc1. The van der Waals surface area contributed by atoms with Crippen molar-refractivity contribution in [3.05, 3.63) is 35.6 Å². The highest BCUT2D eigenvalue weighted by Crippen LogP contribution is 2.15. The summed E-state index contributed by atoms with van der Waals surface area (Å²) in [4.78, 5) is 2.13. The molecule has 0 spiro atoms. The molecule has 0 aliphatic carbocycles. The Morgan fingerprint density at radius 1 is 1.23 bits per heavy atom. The number of halogens is 1. The van der Waals surface area contributed by atoms with Crippen molar-refractivity contribution in [1.29, 1.82) is 0 Å². The zero-order valence-corrected chi connectivity index (χ0v) is 8.42. The summed E-state index contributed by atoms with van der Waals surface area (Å²) in [5.74, 6) is 0.288. The van der Waals surface area contributed by atoms with Crippen LogP contribution in [-0.2, 0) is 0 Å². The maximum absolute atomic E-state index is 12.6. The van der Waals surface area contributed by atoms with Crippen LogP contribution in [0.1, 0.15) is 18.4 Å². The van der Waals surface area contributed by atoms with Crippen molar-refractivity contribution in [2.45, 2.75) is 12.8 Å². The van der Waals surface area contributed by atoms with E-state index in [1.807, 2.05) is 26.2 Å². The lowest BCUT2D eigenvalue weighted by Crippen LogP contribution is -2.18. The first kappa shape index (κ1) is 10.2. The Morgan fingerprint density at radius 2 is 1.77 bits per heavy atom. The molecule has 0 aliphatic rings. The maximum Gasteiger partial charge on any atom is 0.123 e. The molecule has 13 heavy (non-hydrogen) atoms. The predicted octanol–water partition coefficient (Wildman–Crippen LogP) is 2.49. The van der Waals surface area contributed by atoms with Crippen molar-refractivity contribution in [2.24, 2.45) is 0 Å². The number of rotatable bonds is 3. The lowest BCUT2D eigenvalue weighted by molar-refractivity contribution is 0.383. The van der Waals surface area contributed by atoms with Crippen LogP contribution in [0.2, 0.25) is 0 Å². The molecule has 0 saturated heterocycles. The van der Waals surface area contributed by atoms with E-state index in [9.17, 15) is 4.39 Å². The van der Waals surface area contributed by atoms with E-state index in [1.54, 1.807) is 0 Å². The predicted molar refractivity (Wildman–Crippen MR) is 53.4 cm³/mol. The van der Waals surface area contributed by atoms with Gasteiger partial charge in [0, 0.05) is 6.54 Å². The highest BCUT2D eigenvalue weighted by Gasteiger charge is 2.05. The normalized spacial score (nSPS) is 13.3. The van der Waals surface area contributed by atoms with E-state index in [0.717, 1.165) is 6.54 Å². The molecule has 72 valence electrons. The van der Waals surface area contributed by atoms with Gasteiger partial charge in [-0.05, 0) is 37.7 Å². The highest BCUT2D eigenvalue weighted by molar-refractivity contribution is 5.19. The molecular formula is C11H16FN. The van der Waals surface area contributed by atoms with Gasteiger partial charge in [-0.15, -0.1) is 0 Å². The summed E-state index contributed by atoms with van der Waals surface area (Å²) in [5, 5.41) is 0. The fraction of sp³-hybridized carbons (Fsp3) is 0.455. The molecule has 0 saturated carbocycles. The summed E-state index contributed by atoms with van der Waals surface area (Å²) in [5.41, 5.74) is 1.19. The van der Waals surface area contributed by atoms with Crippen molar-refractivity contribution >= 4 is 0 Å². The van der Waals surface area contributed by atoms with Crippen LogP contribution >= 0.6 is 0 Å². The Bertz CT molecular complexity index is 253. The Labute approximate surface area is 79.2 Å². The lowest BCUT2D eigenvalue weighted by Gasteiger charge is -2.16. The average Bonchev–Trinajstić information content (AvgIpc) is 2.04. The monoisotopic (exact) mass is 181 g/mol. The van der Waals surface area contributed by atoms with E-state index in [0.29, 0.717) is 5.92 Å². The van der Waals surface area contributed by atoms with E-state index < -0.39 is 0 Å². The number of nitrogens with zero attached hydrogens (tertiary/aromatic N) is 1. The lowest BCUT2D eigenvalue weighted by atomic mass is 10.0. The number of likely N-dealkylation sites (N-methyl/N-ethyl adjacent to an activating group) is 1. The van der Waals surface area contributed by atoms with Gasteiger partial charge >= 0.3 is 0 Å². The summed E-state index contributed by atoms with van der Waals surface area (Å²) >= 11 is 0. The maximum atomic E-state index is 12.6. The molecule has 1 atom stereocenters. The second-order valence-electron chi connectivity index (χ2n) is 3.71. The summed E-state index contributed by atoms with van der Waals surface area (Å²) in [6.45, 7) is 3.14. The van der Waals surface area contributed by atoms with Crippen LogP contribution in [0.4, 0.5) is 4.39 Å². The number of hydrogen-bond donors (Lipinski definition) is 0. The summed E-state index contributed by atoms with van der Waals surface area (Å²) < 4.78 is 12.6. The van der Waals surface area contributed by atoms with Gasteiger partial charge in [-0.2, -0.15) is 0 Å². The molecule has 0 fully saturated rings. The molecule has 0 aliphatic heterocycles. The van der Waals surface area contributed by atoms with Gasteiger partial charge in [0.25, 0.3) is 0 Å². The third-order valence-electron chi connectivity index (χ3n) is 2.08. The Morgan fingerprint density at radius 3 is 2.23 bits per heavy atom. The minimum absolute atomic E-state index is 0.166. The van der Waals surface area contributed by atoms with E-state index in [2.05, 4.69) is 11.8 Å². The van der Waals surface area contributed by atoms with Gasteiger partial charge in [-0.1, -0.05) is 19.1 Å². The van der Waals surface area contributed by atoms with Crippen LogP contribution in [-0.4, -0.2) is 25.5 Å². The summed E-state index contributed by atoms with van der Waals surface area (Å²) in [7, 11) is 4.08. The van der Waals surface area contributed by atoms with Crippen LogP contribution < -0.4 is 0 Å². The first-order valence-corrected chi connectivity index (χ1v) is 4.50. The van der Waals surface area contributed by atoms with Crippen LogP contribution in [0.25, 0.3) is 0 Å². The molecule has 0 heterocycles. The van der Waals surface area contributed by atoms with Crippen molar-refractivity contribution in [2.75, 3.05) is 20.6 Å². The van der Waals surface area contributed by atoms with E-state index in [1.165, 1.54) is 17.7 Å². The minimum Gasteiger partial charge on any atom is -0.309 e. The van der Waals surface area contributed by atoms with Gasteiger partial charge in [-0.25, -0.2) is 4.39 Å². The third-order valence-corrected chi connectivity index (χ3v) is 2.08. The van der Waals surface area contributed by atoms with Crippen LogP contribution in [0.15, 0.2) is 24.3 Å². The van der Waals surface area contributed by atoms with Gasteiger partial charge in [-0.3, -0.25) is 0 Å². The Balaban J connectivity index is 2.66. The second-order valence-corrected chi connectivity index (χ2v) is 3.71. The van der Waals surface area contributed by atoms with E-state index >= 15 is 0 Å². The van der Waals surface area contributed by atoms with Crippen LogP contribution in [0.5, 0.6) is 0 Å². The molecule has 1 aromatic carbocycles. The van der Waals surface area contributed by atoms with Gasteiger partial charge in [0.1, 0.15) is 5.82 Å². The summed E-state index contributed by atoms with van der Waals surface area (Å²) in [6, 6.07) is 6.73. The molecule has 1 rings (SSSR count). The minimum atomic E-state index is -0.166. The van der Waals surface area contributed by atoms with Crippen molar-refractivity contribution < 1.29 is 4.39 Å². The smallest absolute Gasteiger partial charge is 0.123 e. The molecular weight excluding hydrogens is 165 g/mol. The van der Waals surface area contributed by atoms with Gasteiger partial charge in [0.15, 0.2) is 0 Å². The molecule has 0 N–H and O–H groups in total. The number of benzene rings is 1. The average molecular weight is 181 g/mol.